The molecule has 0 fully saturated rings. The second-order valence-electron chi connectivity index (χ2n) is 23.8. The summed E-state index contributed by atoms with van der Waals surface area (Å²) in [5, 5.41) is 0. The van der Waals surface area contributed by atoms with Crippen LogP contribution in [0, 0.1) is 0 Å². The predicted molar refractivity (Wildman–Crippen MR) is 335 cm³/mol. The third-order valence-electron chi connectivity index (χ3n) is 15.9. The van der Waals surface area contributed by atoms with Crippen LogP contribution in [-0.4, -0.2) is 37.2 Å². The first kappa shape index (κ1) is 74.9. The summed E-state index contributed by atoms with van der Waals surface area (Å²) in [7, 11) is 0. The van der Waals surface area contributed by atoms with E-state index in [0.29, 0.717) is 19.3 Å². The molecule has 6 nitrogen and oxygen atoms in total. The van der Waals surface area contributed by atoms with Gasteiger partial charge in [0.25, 0.3) is 0 Å². The maximum Gasteiger partial charge on any atom is 0.306 e. The van der Waals surface area contributed by atoms with E-state index < -0.39 is 6.10 Å². The van der Waals surface area contributed by atoms with Crippen molar-refractivity contribution in [3.05, 3.63) is 24.3 Å². The van der Waals surface area contributed by atoms with Gasteiger partial charge in [0.2, 0.25) is 0 Å². The van der Waals surface area contributed by atoms with E-state index in [2.05, 4.69) is 45.1 Å². The number of allylic oxidation sites excluding steroid dienone is 4. The standard InChI is InChI=1S/C71H134O6/c1-4-7-10-13-16-19-22-25-28-30-32-33-34-35-36-37-39-40-43-46-49-52-55-58-61-64-70(73)76-67-68(66-75-69(72)63-60-57-54-51-48-45-42-27-24-21-18-15-12-9-6-3)77-71(74)65-62-59-56-53-50-47-44-41-38-31-29-26-23-20-17-14-11-8-5-2/h27,30,32,42,68H,4-26,28-29,31,33-41,43-67H2,1-3H3/b32-30-,42-27-. The summed E-state index contributed by atoms with van der Waals surface area (Å²) < 4.78 is 17.0. The minimum Gasteiger partial charge on any atom is -0.462 e. The number of carbonyl (C=O) groups excluding carboxylic acids is 3. The molecule has 0 amide bonds. The first-order valence-corrected chi connectivity index (χ1v) is 34.8. The van der Waals surface area contributed by atoms with E-state index in [1.54, 1.807) is 0 Å². The summed E-state index contributed by atoms with van der Waals surface area (Å²) in [5.74, 6) is -0.846. The van der Waals surface area contributed by atoms with E-state index in [1.165, 1.54) is 289 Å². The Morgan fingerprint density at radius 2 is 0.429 bits per heavy atom. The molecule has 0 bridgehead atoms. The first-order valence-electron chi connectivity index (χ1n) is 34.8. The van der Waals surface area contributed by atoms with E-state index in [1.807, 2.05) is 0 Å². The minimum absolute atomic E-state index is 0.0682. The van der Waals surface area contributed by atoms with Gasteiger partial charge in [-0.05, 0) is 70.6 Å². The molecule has 0 aromatic carbocycles. The van der Waals surface area contributed by atoms with Crippen LogP contribution in [0.3, 0.4) is 0 Å². The van der Waals surface area contributed by atoms with E-state index >= 15 is 0 Å². The lowest BCUT2D eigenvalue weighted by Gasteiger charge is -2.18. The van der Waals surface area contributed by atoms with Crippen molar-refractivity contribution in [3.63, 3.8) is 0 Å². The van der Waals surface area contributed by atoms with Crippen LogP contribution in [0.15, 0.2) is 24.3 Å². The van der Waals surface area contributed by atoms with Crippen LogP contribution in [0.1, 0.15) is 393 Å². The summed E-state index contributed by atoms with van der Waals surface area (Å²) in [6, 6.07) is 0. The predicted octanol–water partition coefficient (Wildman–Crippen LogP) is 23.8. The molecule has 1 unspecified atom stereocenters. The van der Waals surface area contributed by atoms with Gasteiger partial charge >= 0.3 is 17.9 Å². The molecular formula is C71H134O6. The van der Waals surface area contributed by atoms with Gasteiger partial charge in [0, 0.05) is 19.3 Å². The highest BCUT2D eigenvalue weighted by atomic mass is 16.6. The topological polar surface area (TPSA) is 78.9 Å². The Morgan fingerprint density at radius 1 is 0.247 bits per heavy atom. The molecule has 77 heavy (non-hydrogen) atoms. The molecule has 0 aromatic rings. The monoisotopic (exact) mass is 1080 g/mol. The summed E-state index contributed by atoms with van der Waals surface area (Å²) >= 11 is 0. The number of hydrogen-bond acceptors (Lipinski definition) is 6. The van der Waals surface area contributed by atoms with E-state index in [4.69, 9.17) is 14.2 Å². The van der Waals surface area contributed by atoms with Crippen LogP contribution in [0.25, 0.3) is 0 Å². The number of hydrogen-bond donors (Lipinski definition) is 0. The van der Waals surface area contributed by atoms with Gasteiger partial charge < -0.3 is 14.2 Å². The molecule has 0 N–H and O–H groups in total. The van der Waals surface area contributed by atoms with Gasteiger partial charge in [0.05, 0.1) is 0 Å². The van der Waals surface area contributed by atoms with Crippen LogP contribution in [0.5, 0.6) is 0 Å². The molecule has 0 aliphatic carbocycles. The Kier molecular flexibility index (Phi) is 64.6. The third kappa shape index (κ3) is 64.6. The number of esters is 3. The Balaban J connectivity index is 4.26. The zero-order valence-corrected chi connectivity index (χ0v) is 52.3. The van der Waals surface area contributed by atoms with E-state index in [9.17, 15) is 14.4 Å². The van der Waals surface area contributed by atoms with Crippen molar-refractivity contribution in [3.8, 4) is 0 Å². The highest BCUT2D eigenvalue weighted by Crippen LogP contribution is 2.18. The lowest BCUT2D eigenvalue weighted by molar-refractivity contribution is -0.167. The molecule has 0 aliphatic heterocycles. The molecule has 0 heterocycles. The second kappa shape index (κ2) is 66.4. The van der Waals surface area contributed by atoms with Crippen LogP contribution < -0.4 is 0 Å². The van der Waals surface area contributed by atoms with Crippen molar-refractivity contribution in [2.24, 2.45) is 0 Å². The Morgan fingerprint density at radius 3 is 0.649 bits per heavy atom. The maximum atomic E-state index is 12.9. The average molecular weight is 1080 g/mol. The zero-order chi connectivity index (χ0) is 55.7. The van der Waals surface area contributed by atoms with Crippen molar-refractivity contribution in [1.82, 2.24) is 0 Å². The quantitative estimate of drug-likeness (QED) is 0.0261. The molecule has 1 atom stereocenters. The Hall–Kier alpha value is -2.11. The van der Waals surface area contributed by atoms with E-state index in [-0.39, 0.29) is 31.1 Å². The molecule has 0 radical (unpaired) electrons. The fourth-order valence-electron chi connectivity index (χ4n) is 10.7. The summed E-state index contributed by atoms with van der Waals surface area (Å²) in [4.78, 5) is 38.4. The largest absolute Gasteiger partial charge is 0.462 e. The number of carbonyl (C=O) groups is 3. The minimum atomic E-state index is -0.772. The summed E-state index contributed by atoms with van der Waals surface area (Å²) in [6.07, 6.45) is 80.6. The van der Waals surface area contributed by atoms with Crippen LogP contribution in [0.4, 0.5) is 0 Å². The van der Waals surface area contributed by atoms with E-state index in [0.717, 1.165) is 64.2 Å². The van der Waals surface area contributed by atoms with Crippen LogP contribution in [-0.2, 0) is 28.6 Å². The molecule has 0 spiro atoms. The Labute approximate surface area is 481 Å². The van der Waals surface area contributed by atoms with Crippen molar-refractivity contribution in [1.29, 1.82) is 0 Å². The fraction of sp³-hybridized carbons (Fsp3) is 0.901. The highest BCUT2D eigenvalue weighted by molar-refractivity contribution is 5.71. The van der Waals surface area contributed by atoms with Gasteiger partial charge in [0.1, 0.15) is 13.2 Å². The smallest absolute Gasteiger partial charge is 0.306 e. The number of rotatable bonds is 65. The van der Waals surface area contributed by atoms with Crippen LogP contribution in [0.2, 0.25) is 0 Å². The van der Waals surface area contributed by atoms with Crippen molar-refractivity contribution in [2.75, 3.05) is 13.2 Å². The molecule has 0 saturated heterocycles. The van der Waals surface area contributed by atoms with Crippen molar-refractivity contribution < 1.29 is 28.6 Å². The summed E-state index contributed by atoms with van der Waals surface area (Å²) in [5.41, 5.74) is 0. The molecular weight excluding hydrogens is 949 g/mol. The molecule has 0 aromatic heterocycles. The van der Waals surface area contributed by atoms with Crippen molar-refractivity contribution in [2.45, 2.75) is 399 Å². The van der Waals surface area contributed by atoms with Gasteiger partial charge in [-0.1, -0.05) is 328 Å². The molecule has 0 saturated carbocycles. The molecule has 0 rings (SSSR count). The lowest BCUT2D eigenvalue weighted by Crippen LogP contribution is -2.30. The normalized spacial score (nSPS) is 12.1. The average Bonchev–Trinajstić information content (AvgIpc) is 3.43. The molecule has 0 aliphatic rings. The highest BCUT2D eigenvalue weighted by Gasteiger charge is 2.19. The van der Waals surface area contributed by atoms with Gasteiger partial charge in [-0.2, -0.15) is 0 Å². The lowest BCUT2D eigenvalue weighted by atomic mass is 10.0. The molecule has 454 valence electrons. The van der Waals surface area contributed by atoms with Gasteiger partial charge in [-0.3, -0.25) is 14.4 Å². The van der Waals surface area contributed by atoms with Gasteiger partial charge in [-0.25, -0.2) is 0 Å². The SMILES string of the molecule is CCCCCCCC/C=C\CCCCCCCC(=O)OCC(COC(=O)CCCCCCCCCCCCCCC/C=C\CCCCCCCCCC)OC(=O)CCCCCCCCCCCCCCCCCCCCC. The molecule has 6 heteroatoms. The second-order valence-corrected chi connectivity index (χ2v) is 23.8. The van der Waals surface area contributed by atoms with Crippen LogP contribution >= 0.6 is 0 Å². The van der Waals surface area contributed by atoms with Gasteiger partial charge in [0.15, 0.2) is 6.10 Å². The zero-order valence-electron chi connectivity index (χ0n) is 52.3. The fourth-order valence-corrected chi connectivity index (χ4v) is 10.7. The third-order valence-corrected chi connectivity index (χ3v) is 15.9. The first-order chi connectivity index (χ1) is 38.0. The number of unbranched alkanes of at least 4 members (excludes halogenated alkanes) is 50. The Bertz CT molecular complexity index is 1240. The van der Waals surface area contributed by atoms with Gasteiger partial charge in [-0.15, -0.1) is 0 Å². The number of ether oxygens (including phenoxy) is 3. The van der Waals surface area contributed by atoms with Crippen molar-refractivity contribution >= 4 is 17.9 Å². The maximum absolute atomic E-state index is 12.9. The summed E-state index contributed by atoms with van der Waals surface area (Å²) in [6.45, 7) is 6.71.